The Hall–Kier alpha value is -0.450. The van der Waals surface area contributed by atoms with Crippen LogP contribution in [0.1, 0.15) is 34.5 Å². The lowest BCUT2D eigenvalue weighted by atomic mass is 9.90. The monoisotopic (exact) mass is 240 g/mol. The number of hydrogen-bond acceptors (Lipinski definition) is 4. The molecule has 1 fully saturated rings. The smallest absolute Gasteiger partial charge is 0.0900 e. The van der Waals surface area contributed by atoms with Crippen molar-refractivity contribution in [3.63, 3.8) is 0 Å². The molecule has 1 aliphatic heterocycles. The van der Waals surface area contributed by atoms with E-state index in [4.69, 9.17) is 4.74 Å². The van der Waals surface area contributed by atoms with Crippen LogP contribution in [0.4, 0.5) is 0 Å². The fourth-order valence-electron chi connectivity index (χ4n) is 2.47. The Balaban J connectivity index is 2.17. The van der Waals surface area contributed by atoms with Crippen molar-refractivity contribution >= 4 is 11.3 Å². The zero-order valence-electron chi connectivity index (χ0n) is 10.2. The van der Waals surface area contributed by atoms with E-state index in [-0.39, 0.29) is 0 Å². The largest absolute Gasteiger partial charge is 0.381 e. The minimum atomic E-state index is 0.454. The van der Waals surface area contributed by atoms with Crippen LogP contribution in [0.15, 0.2) is 0 Å². The van der Waals surface area contributed by atoms with Gasteiger partial charge in [0, 0.05) is 24.1 Å². The van der Waals surface area contributed by atoms with Crippen LogP contribution in [0.5, 0.6) is 0 Å². The van der Waals surface area contributed by atoms with E-state index in [1.807, 2.05) is 11.3 Å². The van der Waals surface area contributed by atoms with Crippen LogP contribution in [0.3, 0.4) is 0 Å². The van der Waals surface area contributed by atoms with Gasteiger partial charge in [0.05, 0.1) is 10.7 Å². The molecule has 1 saturated heterocycles. The maximum absolute atomic E-state index is 5.43. The number of aryl methyl sites for hydroxylation is 2. The van der Waals surface area contributed by atoms with E-state index in [9.17, 15) is 0 Å². The predicted molar refractivity (Wildman–Crippen MR) is 66.9 cm³/mol. The maximum atomic E-state index is 5.43. The third-order valence-electron chi connectivity index (χ3n) is 3.27. The molecule has 1 aliphatic rings. The first-order valence-corrected chi connectivity index (χ1v) is 6.73. The zero-order valence-corrected chi connectivity index (χ0v) is 11.1. The molecular weight excluding hydrogens is 220 g/mol. The summed E-state index contributed by atoms with van der Waals surface area (Å²) in [6.45, 7) is 6.00. The Labute approximate surface area is 101 Å². The topological polar surface area (TPSA) is 34.2 Å². The van der Waals surface area contributed by atoms with Crippen molar-refractivity contribution in [2.45, 2.75) is 32.7 Å². The fourth-order valence-corrected chi connectivity index (χ4v) is 3.60. The Morgan fingerprint density at radius 1 is 1.38 bits per heavy atom. The fraction of sp³-hybridized carbons (Fsp3) is 0.750. The number of ether oxygens (including phenoxy) is 1. The molecule has 0 aliphatic carbocycles. The van der Waals surface area contributed by atoms with Crippen LogP contribution in [0, 0.1) is 19.8 Å². The average Bonchev–Trinajstić information content (AvgIpc) is 2.61. The molecule has 1 N–H and O–H groups in total. The predicted octanol–water partition coefficient (Wildman–Crippen LogP) is 2.45. The molecule has 0 radical (unpaired) electrons. The summed E-state index contributed by atoms with van der Waals surface area (Å²) in [5, 5.41) is 4.62. The van der Waals surface area contributed by atoms with Gasteiger partial charge in [-0.3, -0.25) is 0 Å². The second-order valence-corrected chi connectivity index (χ2v) is 5.63. The molecule has 1 atom stereocenters. The normalized spacial score (nSPS) is 19.9. The van der Waals surface area contributed by atoms with Gasteiger partial charge in [-0.25, -0.2) is 4.98 Å². The summed E-state index contributed by atoms with van der Waals surface area (Å²) >= 11 is 1.83. The summed E-state index contributed by atoms with van der Waals surface area (Å²) in [4.78, 5) is 5.93. The van der Waals surface area contributed by atoms with E-state index in [1.165, 1.54) is 15.6 Å². The highest BCUT2D eigenvalue weighted by molar-refractivity contribution is 7.11. The molecule has 1 aromatic rings. The van der Waals surface area contributed by atoms with Gasteiger partial charge >= 0.3 is 0 Å². The van der Waals surface area contributed by atoms with E-state index in [2.05, 4.69) is 31.2 Å². The lowest BCUT2D eigenvalue weighted by molar-refractivity contribution is 0.0549. The van der Waals surface area contributed by atoms with Crippen LogP contribution >= 0.6 is 11.3 Å². The molecule has 2 heterocycles. The first-order valence-electron chi connectivity index (χ1n) is 5.91. The minimum absolute atomic E-state index is 0.454. The summed E-state index contributed by atoms with van der Waals surface area (Å²) in [6.07, 6.45) is 2.31. The standard InChI is InChI=1S/C12H20N2OS/c1-8-12(16-9(2)14-8)11(13-3)10-4-6-15-7-5-10/h10-11,13H,4-7H2,1-3H3. The van der Waals surface area contributed by atoms with Crippen molar-refractivity contribution in [1.29, 1.82) is 0 Å². The molecule has 0 saturated carbocycles. The molecule has 0 aromatic carbocycles. The first kappa shape index (κ1) is 12.0. The molecule has 2 rings (SSSR count). The molecule has 3 nitrogen and oxygen atoms in total. The summed E-state index contributed by atoms with van der Waals surface area (Å²) < 4.78 is 5.43. The van der Waals surface area contributed by atoms with Gasteiger partial charge < -0.3 is 10.1 Å². The zero-order chi connectivity index (χ0) is 11.5. The number of hydrogen-bond donors (Lipinski definition) is 1. The van der Waals surface area contributed by atoms with Gasteiger partial charge in [0.1, 0.15) is 0 Å². The third kappa shape index (κ3) is 2.44. The Morgan fingerprint density at radius 3 is 2.56 bits per heavy atom. The van der Waals surface area contributed by atoms with Crippen LogP contribution in [-0.2, 0) is 4.74 Å². The second-order valence-electron chi connectivity index (χ2n) is 4.40. The maximum Gasteiger partial charge on any atom is 0.0900 e. The Bertz CT molecular complexity index is 345. The van der Waals surface area contributed by atoms with Crippen molar-refractivity contribution in [1.82, 2.24) is 10.3 Å². The average molecular weight is 240 g/mol. The lowest BCUT2D eigenvalue weighted by Gasteiger charge is -2.29. The van der Waals surface area contributed by atoms with Crippen molar-refractivity contribution in [3.8, 4) is 0 Å². The first-order chi connectivity index (χ1) is 7.72. The molecule has 0 spiro atoms. The van der Waals surface area contributed by atoms with Gasteiger partial charge in [-0.15, -0.1) is 11.3 Å². The van der Waals surface area contributed by atoms with Gasteiger partial charge in [0.2, 0.25) is 0 Å². The van der Waals surface area contributed by atoms with E-state index >= 15 is 0 Å². The van der Waals surface area contributed by atoms with Crippen molar-refractivity contribution in [2.24, 2.45) is 5.92 Å². The van der Waals surface area contributed by atoms with Crippen LogP contribution in [-0.4, -0.2) is 25.2 Å². The summed E-state index contributed by atoms with van der Waals surface area (Å²) in [5.41, 5.74) is 1.19. The van der Waals surface area contributed by atoms with E-state index in [0.29, 0.717) is 12.0 Å². The van der Waals surface area contributed by atoms with Crippen LogP contribution < -0.4 is 5.32 Å². The molecule has 16 heavy (non-hydrogen) atoms. The second kappa shape index (κ2) is 5.25. The van der Waals surface area contributed by atoms with Crippen molar-refractivity contribution in [2.75, 3.05) is 20.3 Å². The SMILES string of the molecule is CNC(c1sc(C)nc1C)C1CCOCC1. The highest BCUT2D eigenvalue weighted by Gasteiger charge is 2.26. The van der Waals surface area contributed by atoms with Gasteiger partial charge in [-0.05, 0) is 39.7 Å². The van der Waals surface area contributed by atoms with Gasteiger partial charge in [-0.2, -0.15) is 0 Å². The third-order valence-corrected chi connectivity index (χ3v) is 4.43. The van der Waals surface area contributed by atoms with Crippen molar-refractivity contribution in [3.05, 3.63) is 15.6 Å². The minimum Gasteiger partial charge on any atom is -0.381 e. The number of nitrogens with one attached hydrogen (secondary N) is 1. The molecule has 1 aromatic heterocycles. The van der Waals surface area contributed by atoms with Crippen LogP contribution in [0.2, 0.25) is 0 Å². The summed E-state index contributed by atoms with van der Waals surface area (Å²) in [5.74, 6) is 0.692. The molecular formula is C12H20N2OS. The molecule has 1 unspecified atom stereocenters. The van der Waals surface area contributed by atoms with Gasteiger partial charge in [0.25, 0.3) is 0 Å². The van der Waals surface area contributed by atoms with Crippen molar-refractivity contribution < 1.29 is 4.74 Å². The van der Waals surface area contributed by atoms with Gasteiger partial charge in [0.15, 0.2) is 0 Å². The number of nitrogens with zero attached hydrogens (tertiary/aromatic N) is 1. The summed E-state index contributed by atoms with van der Waals surface area (Å²) in [7, 11) is 2.05. The van der Waals surface area contributed by atoms with Gasteiger partial charge in [-0.1, -0.05) is 0 Å². The van der Waals surface area contributed by atoms with E-state index in [0.717, 1.165) is 26.1 Å². The molecule has 4 heteroatoms. The Kier molecular flexibility index (Phi) is 3.95. The molecule has 0 amide bonds. The lowest BCUT2D eigenvalue weighted by Crippen LogP contribution is -2.29. The van der Waals surface area contributed by atoms with E-state index < -0.39 is 0 Å². The molecule has 90 valence electrons. The highest BCUT2D eigenvalue weighted by atomic mass is 32.1. The van der Waals surface area contributed by atoms with Crippen LogP contribution in [0.25, 0.3) is 0 Å². The number of thiazole rings is 1. The number of aromatic nitrogens is 1. The van der Waals surface area contributed by atoms with E-state index in [1.54, 1.807) is 0 Å². The highest BCUT2D eigenvalue weighted by Crippen LogP contribution is 2.34. The summed E-state index contributed by atoms with van der Waals surface area (Å²) in [6, 6.07) is 0.454. The number of rotatable bonds is 3. The quantitative estimate of drug-likeness (QED) is 0.881. The Morgan fingerprint density at radius 2 is 2.06 bits per heavy atom. The molecule has 0 bridgehead atoms.